The Labute approximate surface area is 142 Å². The largest absolute Gasteiger partial charge is 1.00 e. The van der Waals surface area contributed by atoms with Crippen molar-refractivity contribution in [2.24, 2.45) is 0 Å². The minimum absolute atomic E-state index is 0. The third-order valence-electron chi connectivity index (χ3n) is 1.50. The van der Waals surface area contributed by atoms with E-state index >= 15 is 0 Å². The Kier molecular flexibility index (Phi) is 21.3. The molecule has 0 spiro atoms. The van der Waals surface area contributed by atoms with Crippen molar-refractivity contribution < 1.29 is 107 Å². The number of carbonyl (C=O) groups excluding carboxylic acids is 1. The fourth-order valence-corrected chi connectivity index (χ4v) is 0.662. The molecular formula is C6H11ClNa2O7. The standard InChI is InChI=1S/C6H12O7.ClH.2Na/c7-1-2(8)3(9)4(10)5(11)6(12)13;;;/h2-5,7-11H,1H2,(H,12,13);1H;;/q;;2*+1/p-2/t2-,3-,4+,5-;;;/m1.../s1. The van der Waals surface area contributed by atoms with Crippen LogP contribution in [0.5, 0.6) is 0 Å². The van der Waals surface area contributed by atoms with Gasteiger partial charge in [-0.15, -0.1) is 0 Å². The molecule has 0 bridgehead atoms. The molecule has 0 aliphatic carbocycles. The van der Waals surface area contributed by atoms with Gasteiger partial charge < -0.3 is 47.8 Å². The molecule has 0 aliphatic rings. The minimum atomic E-state index is -2.31. The fourth-order valence-electron chi connectivity index (χ4n) is 0.662. The van der Waals surface area contributed by atoms with Gasteiger partial charge in [-0.05, 0) is 0 Å². The van der Waals surface area contributed by atoms with E-state index in [-0.39, 0.29) is 71.5 Å². The van der Waals surface area contributed by atoms with Crippen molar-refractivity contribution in [2.75, 3.05) is 6.61 Å². The molecule has 0 aromatic carbocycles. The van der Waals surface area contributed by atoms with E-state index in [1.807, 2.05) is 0 Å². The number of aliphatic carboxylic acids is 1. The van der Waals surface area contributed by atoms with E-state index in [0.717, 1.165) is 0 Å². The molecule has 4 atom stereocenters. The summed E-state index contributed by atoms with van der Waals surface area (Å²) in [6.45, 7) is -0.863. The summed E-state index contributed by atoms with van der Waals surface area (Å²) in [6.07, 6.45) is -8.08. The van der Waals surface area contributed by atoms with Crippen LogP contribution < -0.4 is 76.6 Å². The molecule has 5 N–H and O–H groups in total. The summed E-state index contributed by atoms with van der Waals surface area (Å²) in [7, 11) is 0. The Hall–Kier alpha value is 1.56. The molecule has 10 heteroatoms. The quantitative estimate of drug-likeness (QED) is 0.314. The first-order valence-corrected chi connectivity index (χ1v) is 3.45. The van der Waals surface area contributed by atoms with Crippen LogP contribution in [0.2, 0.25) is 0 Å². The molecule has 0 fully saturated rings. The van der Waals surface area contributed by atoms with E-state index < -0.39 is 37.0 Å². The number of carboxylic acid groups (broad SMARTS) is 1. The van der Waals surface area contributed by atoms with E-state index in [4.69, 9.17) is 25.5 Å². The molecule has 0 aliphatic heterocycles. The zero-order chi connectivity index (χ0) is 10.6. The number of aliphatic hydroxyl groups is 5. The second-order valence-corrected chi connectivity index (χ2v) is 2.49. The Morgan fingerprint density at radius 3 is 1.69 bits per heavy atom. The Morgan fingerprint density at radius 1 is 1.06 bits per heavy atom. The number of carboxylic acids is 1. The predicted octanol–water partition coefficient (Wildman–Crippen LogP) is -13.8. The van der Waals surface area contributed by atoms with Crippen LogP contribution in [0, 0.1) is 0 Å². The van der Waals surface area contributed by atoms with Crippen LogP contribution >= 0.6 is 0 Å². The molecular weight excluding hydrogens is 265 g/mol. The van der Waals surface area contributed by atoms with Gasteiger partial charge in [-0.2, -0.15) is 0 Å². The topological polar surface area (TPSA) is 141 Å². The molecule has 7 nitrogen and oxygen atoms in total. The normalized spacial score (nSPS) is 16.6. The van der Waals surface area contributed by atoms with Crippen LogP contribution in [-0.2, 0) is 4.79 Å². The zero-order valence-corrected chi connectivity index (χ0v) is 13.7. The minimum Gasteiger partial charge on any atom is -1.00 e. The SMILES string of the molecule is O=C([O-])[C@H](O)[C@@H](O)[C@H](O)[C@H](O)CO.[Cl-].[Na+].[Na+]. The summed E-state index contributed by atoms with van der Waals surface area (Å²) in [5.74, 6) is -1.98. The molecule has 86 valence electrons. The predicted molar refractivity (Wildman–Crippen MR) is 36.1 cm³/mol. The smallest absolute Gasteiger partial charge is 1.00 e. The van der Waals surface area contributed by atoms with E-state index in [1.54, 1.807) is 0 Å². The average Bonchev–Trinajstić information content (AvgIpc) is 2.12. The third kappa shape index (κ3) is 8.62. The summed E-state index contributed by atoms with van der Waals surface area (Å²) in [6, 6.07) is 0. The fraction of sp³-hybridized carbons (Fsp3) is 0.833. The number of halogens is 1. The molecule has 0 aromatic rings. The first-order valence-electron chi connectivity index (χ1n) is 3.45. The molecule has 0 amide bonds. The molecule has 0 saturated heterocycles. The monoisotopic (exact) mass is 276 g/mol. The Morgan fingerprint density at radius 2 is 1.44 bits per heavy atom. The van der Waals surface area contributed by atoms with E-state index in [1.165, 1.54) is 0 Å². The van der Waals surface area contributed by atoms with Crippen molar-refractivity contribution in [3.05, 3.63) is 0 Å². The molecule has 0 radical (unpaired) electrons. The summed E-state index contributed by atoms with van der Waals surface area (Å²) in [5.41, 5.74) is 0. The molecule has 0 heterocycles. The van der Waals surface area contributed by atoms with Crippen LogP contribution in [0.3, 0.4) is 0 Å². The summed E-state index contributed by atoms with van der Waals surface area (Å²) >= 11 is 0. The van der Waals surface area contributed by atoms with Gasteiger partial charge in [0.05, 0.1) is 12.6 Å². The maximum atomic E-state index is 9.98. The van der Waals surface area contributed by atoms with Crippen molar-refractivity contribution in [1.82, 2.24) is 0 Å². The van der Waals surface area contributed by atoms with Crippen molar-refractivity contribution in [2.45, 2.75) is 24.4 Å². The third-order valence-corrected chi connectivity index (χ3v) is 1.50. The molecule has 0 rings (SSSR count). The number of carbonyl (C=O) groups is 1. The van der Waals surface area contributed by atoms with Crippen LogP contribution in [0.15, 0.2) is 0 Å². The first-order chi connectivity index (χ1) is 5.91. The van der Waals surface area contributed by atoms with Crippen molar-refractivity contribution in [3.63, 3.8) is 0 Å². The molecule has 0 saturated carbocycles. The second-order valence-electron chi connectivity index (χ2n) is 2.49. The maximum Gasteiger partial charge on any atom is 1.00 e. The number of rotatable bonds is 5. The average molecular weight is 277 g/mol. The number of hydrogen-bond donors (Lipinski definition) is 5. The van der Waals surface area contributed by atoms with E-state index in [9.17, 15) is 9.90 Å². The molecule has 0 aromatic heterocycles. The van der Waals surface area contributed by atoms with Crippen LogP contribution in [0.4, 0.5) is 0 Å². The summed E-state index contributed by atoms with van der Waals surface area (Å²) in [5, 5.41) is 53.4. The van der Waals surface area contributed by atoms with Gasteiger partial charge in [-0.25, -0.2) is 0 Å². The van der Waals surface area contributed by atoms with E-state index in [2.05, 4.69) is 0 Å². The van der Waals surface area contributed by atoms with Crippen molar-refractivity contribution >= 4 is 5.97 Å². The van der Waals surface area contributed by atoms with Gasteiger partial charge in [0.2, 0.25) is 0 Å². The van der Waals surface area contributed by atoms with Crippen LogP contribution in [0.25, 0.3) is 0 Å². The van der Waals surface area contributed by atoms with Crippen LogP contribution in [0.1, 0.15) is 0 Å². The van der Waals surface area contributed by atoms with Crippen molar-refractivity contribution in [3.8, 4) is 0 Å². The van der Waals surface area contributed by atoms with Gasteiger partial charge in [-0.1, -0.05) is 0 Å². The van der Waals surface area contributed by atoms with Gasteiger partial charge in [0.25, 0.3) is 0 Å². The van der Waals surface area contributed by atoms with Gasteiger partial charge in [-0.3, -0.25) is 0 Å². The number of aliphatic hydroxyl groups excluding tert-OH is 5. The summed E-state index contributed by atoms with van der Waals surface area (Å²) < 4.78 is 0. The molecule has 16 heavy (non-hydrogen) atoms. The number of hydrogen-bond acceptors (Lipinski definition) is 7. The second kappa shape index (κ2) is 13.0. The Balaban J connectivity index is -0.000000240. The maximum absolute atomic E-state index is 9.98. The first kappa shape index (κ1) is 26.2. The van der Waals surface area contributed by atoms with Crippen LogP contribution in [-0.4, -0.2) is 62.5 Å². The van der Waals surface area contributed by atoms with Crippen molar-refractivity contribution in [1.29, 1.82) is 0 Å². The van der Waals surface area contributed by atoms with Gasteiger partial charge in [0, 0.05) is 0 Å². The van der Waals surface area contributed by atoms with E-state index in [0.29, 0.717) is 0 Å². The zero-order valence-electron chi connectivity index (χ0n) is 8.95. The molecule has 0 unspecified atom stereocenters. The van der Waals surface area contributed by atoms with Gasteiger partial charge >= 0.3 is 59.1 Å². The summed E-state index contributed by atoms with van der Waals surface area (Å²) in [4.78, 5) is 9.98. The Bertz CT molecular complexity index is 184. The van der Waals surface area contributed by atoms with Gasteiger partial charge in [0.15, 0.2) is 0 Å². The van der Waals surface area contributed by atoms with Gasteiger partial charge in [0.1, 0.15) is 24.4 Å².